The predicted octanol–water partition coefficient (Wildman–Crippen LogP) is 3.47. The van der Waals surface area contributed by atoms with E-state index in [1.807, 2.05) is 52.0 Å². The minimum absolute atomic E-state index is 0.288. The van der Waals surface area contributed by atoms with Crippen LogP contribution in [0.15, 0.2) is 28.9 Å². The van der Waals surface area contributed by atoms with Crippen molar-refractivity contribution in [1.29, 1.82) is 0 Å². The molecular weight excluding hydrogens is 385 g/mol. The van der Waals surface area contributed by atoms with Crippen LogP contribution in [0.5, 0.6) is 0 Å². The molecule has 7 heteroatoms. The fourth-order valence-corrected chi connectivity index (χ4v) is 3.37. The Balaban J connectivity index is 2.23. The molecule has 0 amide bonds. The van der Waals surface area contributed by atoms with E-state index in [9.17, 15) is 4.79 Å². The lowest BCUT2D eigenvalue weighted by Crippen LogP contribution is -2.41. The number of nitrogens with zero attached hydrogens (tertiary/aromatic N) is 1. The van der Waals surface area contributed by atoms with Gasteiger partial charge in [-0.15, -0.1) is 0 Å². The van der Waals surface area contributed by atoms with Crippen LogP contribution in [0.25, 0.3) is 10.9 Å². The summed E-state index contributed by atoms with van der Waals surface area (Å²) in [5.41, 5.74) is 0.662. The Morgan fingerprint density at radius 2 is 1.80 bits per heavy atom. The largest absolute Gasteiger partial charge is 0.498 e. The van der Waals surface area contributed by atoms with Crippen LogP contribution in [-0.2, 0) is 14.0 Å². The monoisotopic (exact) mass is 405 g/mol. The molecule has 2 aromatic rings. The van der Waals surface area contributed by atoms with Crippen molar-refractivity contribution in [2.24, 2.45) is 0 Å². The molecule has 1 aliphatic heterocycles. The summed E-state index contributed by atoms with van der Waals surface area (Å²) < 4.78 is 18.1. The number of pyridine rings is 1. The van der Waals surface area contributed by atoms with Gasteiger partial charge < -0.3 is 14.0 Å². The maximum atomic E-state index is 12.7. The Bertz CT molecular complexity index is 821. The lowest BCUT2D eigenvalue weighted by atomic mass is 9.76. The van der Waals surface area contributed by atoms with E-state index in [4.69, 9.17) is 14.0 Å². The van der Waals surface area contributed by atoms with Gasteiger partial charge in [0.2, 0.25) is 0 Å². The van der Waals surface area contributed by atoms with Gasteiger partial charge in [0, 0.05) is 10.8 Å². The maximum Gasteiger partial charge on any atom is 0.498 e. The van der Waals surface area contributed by atoms with Gasteiger partial charge in [-0.1, -0.05) is 18.2 Å². The highest BCUT2D eigenvalue weighted by Crippen LogP contribution is 2.37. The van der Waals surface area contributed by atoms with Gasteiger partial charge in [-0.2, -0.15) is 0 Å². The molecule has 1 saturated heterocycles. The third kappa shape index (κ3) is 3.09. The second-order valence-electron chi connectivity index (χ2n) is 7.02. The van der Waals surface area contributed by atoms with Crippen LogP contribution in [0.4, 0.5) is 0 Å². The minimum atomic E-state index is -0.712. The molecule has 3 rings (SSSR count). The summed E-state index contributed by atoms with van der Waals surface area (Å²) >= 11 is 3.49. The summed E-state index contributed by atoms with van der Waals surface area (Å²) in [6, 6.07) is 7.46. The van der Waals surface area contributed by atoms with Crippen LogP contribution in [0, 0.1) is 0 Å². The first-order valence-corrected chi connectivity index (χ1v) is 9.08. The van der Waals surface area contributed by atoms with E-state index in [-0.39, 0.29) is 6.61 Å². The topological polar surface area (TPSA) is 57.7 Å². The second-order valence-corrected chi connectivity index (χ2v) is 7.77. The lowest BCUT2D eigenvalue weighted by Gasteiger charge is -2.32. The highest BCUT2D eigenvalue weighted by molar-refractivity contribution is 9.10. The molecule has 1 fully saturated rings. The molecule has 25 heavy (non-hydrogen) atoms. The molecule has 0 unspecified atom stereocenters. The smallest absolute Gasteiger partial charge is 0.462 e. The molecule has 0 N–H and O–H groups in total. The third-order valence-electron chi connectivity index (χ3n) is 4.85. The number of ether oxygens (including phenoxy) is 1. The van der Waals surface area contributed by atoms with E-state index in [2.05, 4.69) is 20.9 Å². The van der Waals surface area contributed by atoms with E-state index in [1.54, 1.807) is 6.92 Å². The van der Waals surface area contributed by atoms with Gasteiger partial charge >= 0.3 is 13.1 Å². The normalized spacial score (nSPS) is 18.6. The molecule has 0 atom stereocenters. The fourth-order valence-electron chi connectivity index (χ4n) is 2.80. The standard InChI is InChI=1S/C18H21BBrNO4/c1-6-23-16(22)13-11-9-7-8-10-12(11)21-15(20)14(13)19-24-17(2,3)18(4,5)25-19/h7-10H,6H2,1-5H3. The van der Waals surface area contributed by atoms with E-state index < -0.39 is 24.3 Å². The number of carbonyl (C=O) groups excluding carboxylic acids is 1. The highest BCUT2D eigenvalue weighted by atomic mass is 79.9. The van der Waals surface area contributed by atoms with Crippen LogP contribution < -0.4 is 5.46 Å². The first-order chi connectivity index (χ1) is 11.7. The first-order valence-electron chi connectivity index (χ1n) is 8.29. The van der Waals surface area contributed by atoms with Gasteiger partial charge in [0.15, 0.2) is 0 Å². The molecule has 0 bridgehead atoms. The zero-order valence-electron chi connectivity index (χ0n) is 15.1. The van der Waals surface area contributed by atoms with Crippen LogP contribution >= 0.6 is 15.9 Å². The summed E-state index contributed by atoms with van der Waals surface area (Å²) in [5, 5.41) is 0.717. The Morgan fingerprint density at radius 1 is 1.20 bits per heavy atom. The molecule has 132 valence electrons. The summed E-state index contributed by atoms with van der Waals surface area (Å²) in [4.78, 5) is 17.3. The van der Waals surface area contributed by atoms with Crippen LogP contribution in [-0.4, -0.2) is 35.9 Å². The average Bonchev–Trinajstić information content (AvgIpc) is 2.73. The quantitative estimate of drug-likeness (QED) is 0.444. The fraction of sp³-hybridized carbons (Fsp3) is 0.444. The summed E-state index contributed by atoms with van der Waals surface area (Å²) in [6.45, 7) is 9.96. The molecule has 0 saturated carbocycles. The van der Waals surface area contributed by atoms with E-state index in [0.29, 0.717) is 26.5 Å². The first kappa shape index (κ1) is 18.4. The van der Waals surface area contributed by atoms with Crippen molar-refractivity contribution in [3.8, 4) is 0 Å². The molecule has 5 nitrogen and oxygen atoms in total. The molecule has 1 aromatic heterocycles. The van der Waals surface area contributed by atoms with Crippen LogP contribution in [0.3, 0.4) is 0 Å². The molecule has 0 aliphatic carbocycles. The Morgan fingerprint density at radius 3 is 2.40 bits per heavy atom. The van der Waals surface area contributed by atoms with Crippen molar-refractivity contribution in [3.05, 3.63) is 34.4 Å². The van der Waals surface area contributed by atoms with Gasteiger partial charge in [0.25, 0.3) is 0 Å². The number of fused-ring (bicyclic) bond motifs is 1. The number of halogens is 1. The van der Waals surface area contributed by atoms with Gasteiger partial charge in [-0.25, -0.2) is 9.78 Å². The summed E-state index contributed by atoms with van der Waals surface area (Å²) in [5.74, 6) is -0.411. The zero-order chi connectivity index (χ0) is 18.4. The van der Waals surface area contributed by atoms with Crippen LogP contribution in [0.1, 0.15) is 45.0 Å². The number of rotatable bonds is 3. The SMILES string of the molecule is CCOC(=O)c1c(B2OC(C)(C)C(C)(C)O2)c(Br)nc2ccccc12. The lowest BCUT2D eigenvalue weighted by molar-refractivity contribution is 0.00578. The second kappa shape index (κ2) is 6.38. The molecule has 2 heterocycles. The Labute approximate surface area is 156 Å². The molecule has 1 aromatic carbocycles. The molecular formula is C18H21BBrNO4. The van der Waals surface area contributed by atoms with Crippen molar-refractivity contribution in [1.82, 2.24) is 4.98 Å². The van der Waals surface area contributed by atoms with Crippen molar-refractivity contribution in [2.45, 2.75) is 45.8 Å². The highest BCUT2D eigenvalue weighted by Gasteiger charge is 2.53. The maximum absolute atomic E-state index is 12.7. The van der Waals surface area contributed by atoms with E-state index in [1.165, 1.54) is 0 Å². The number of benzene rings is 1. The van der Waals surface area contributed by atoms with Crippen molar-refractivity contribution < 1.29 is 18.8 Å². The van der Waals surface area contributed by atoms with Crippen molar-refractivity contribution >= 4 is 45.4 Å². The Kier molecular flexibility index (Phi) is 4.68. The Hall–Kier alpha value is -1.44. The van der Waals surface area contributed by atoms with E-state index in [0.717, 1.165) is 0 Å². The zero-order valence-corrected chi connectivity index (χ0v) is 16.6. The van der Waals surface area contributed by atoms with E-state index >= 15 is 0 Å². The number of carbonyl (C=O) groups is 1. The van der Waals surface area contributed by atoms with Gasteiger partial charge in [0.05, 0.1) is 28.9 Å². The van der Waals surface area contributed by atoms with Gasteiger partial charge in [-0.05, 0) is 56.6 Å². The molecule has 0 radical (unpaired) electrons. The van der Waals surface area contributed by atoms with Crippen molar-refractivity contribution in [3.63, 3.8) is 0 Å². The van der Waals surface area contributed by atoms with Crippen molar-refractivity contribution in [2.75, 3.05) is 6.61 Å². The number of para-hydroxylation sites is 1. The number of aromatic nitrogens is 1. The molecule has 1 aliphatic rings. The number of hydrogen-bond acceptors (Lipinski definition) is 5. The van der Waals surface area contributed by atoms with Gasteiger partial charge in [-0.3, -0.25) is 0 Å². The van der Waals surface area contributed by atoms with Crippen LogP contribution in [0.2, 0.25) is 0 Å². The summed E-state index contributed by atoms with van der Waals surface area (Å²) in [7, 11) is -0.712. The number of hydrogen-bond donors (Lipinski definition) is 0. The van der Waals surface area contributed by atoms with Gasteiger partial charge in [0.1, 0.15) is 4.60 Å². The summed E-state index contributed by atoms with van der Waals surface area (Å²) in [6.07, 6.45) is 0. The minimum Gasteiger partial charge on any atom is -0.462 e. The average molecular weight is 406 g/mol. The predicted molar refractivity (Wildman–Crippen MR) is 101 cm³/mol. The third-order valence-corrected chi connectivity index (χ3v) is 5.46. The molecule has 0 spiro atoms. The number of esters is 1.